The Bertz CT molecular complexity index is 999. The molecule has 0 aliphatic carbocycles. The minimum absolute atomic E-state index is 0.127. The number of carbonyl (C=O) groups is 2. The molecule has 0 unspecified atom stereocenters. The zero-order valence-electron chi connectivity index (χ0n) is 16.0. The molecule has 0 saturated carbocycles. The van der Waals surface area contributed by atoms with E-state index in [1.165, 1.54) is 23.8 Å². The third-order valence-electron chi connectivity index (χ3n) is 4.17. The molecule has 2 aromatic carbocycles. The maximum Gasteiger partial charge on any atom is 0.325 e. The number of halogens is 1. The van der Waals surface area contributed by atoms with Gasteiger partial charge in [0, 0.05) is 5.56 Å². The lowest BCUT2D eigenvalue weighted by Crippen LogP contribution is -2.31. The number of ether oxygens (including phenoxy) is 1. The van der Waals surface area contributed by atoms with Crippen LogP contribution in [0, 0.1) is 5.82 Å². The molecule has 7 nitrogen and oxygen atoms in total. The summed E-state index contributed by atoms with van der Waals surface area (Å²) in [6, 6.07) is 13.3. The average Bonchev–Trinajstić information content (AvgIpc) is 3.20. The Morgan fingerprint density at radius 2 is 1.86 bits per heavy atom. The Kier molecular flexibility index (Phi) is 6.33. The topological polar surface area (TPSA) is 94.3 Å². The number of aromatic nitrogens is 2. The van der Waals surface area contributed by atoms with Crippen LogP contribution in [0.2, 0.25) is 0 Å². The van der Waals surface area contributed by atoms with Crippen molar-refractivity contribution in [2.24, 2.45) is 0 Å². The summed E-state index contributed by atoms with van der Waals surface area (Å²) in [4.78, 5) is 27.9. The van der Waals surface area contributed by atoms with E-state index in [0.717, 1.165) is 11.6 Å². The second kappa shape index (κ2) is 9.09. The quantitative estimate of drug-likeness (QED) is 0.614. The number of amides is 1. The van der Waals surface area contributed by atoms with Gasteiger partial charge in [0.1, 0.15) is 12.4 Å². The van der Waals surface area contributed by atoms with Gasteiger partial charge in [-0.05, 0) is 23.6 Å². The largest absolute Gasteiger partial charge is 0.454 e. The first-order valence-electron chi connectivity index (χ1n) is 9.05. The third-order valence-corrected chi connectivity index (χ3v) is 4.17. The highest BCUT2D eigenvalue weighted by Crippen LogP contribution is 2.20. The van der Waals surface area contributed by atoms with Gasteiger partial charge in [-0.15, -0.1) is 0 Å². The molecular formula is C21H20FN3O4. The third kappa shape index (κ3) is 5.25. The molecule has 0 aliphatic rings. The zero-order valence-corrected chi connectivity index (χ0v) is 16.0. The van der Waals surface area contributed by atoms with Gasteiger partial charge in [0.25, 0.3) is 11.8 Å². The van der Waals surface area contributed by atoms with Gasteiger partial charge in [-0.25, -0.2) is 4.39 Å². The molecule has 1 amide bonds. The number of nitrogens with zero attached hydrogens (tertiary/aromatic N) is 2. The van der Waals surface area contributed by atoms with Crippen molar-refractivity contribution in [3.05, 3.63) is 71.4 Å². The normalized spacial score (nSPS) is 10.8. The lowest BCUT2D eigenvalue weighted by atomic mass is 10.0. The molecule has 0 aliphatic heterocycles. The number of hydrogen-bond acceptors (Lipinski definition) is 6. The van der Waals surface area contributed by atoms with E-state index in [4.69, 9.17) is 9.26 Å². The smallest absolute Gasteiger partial charge is 0.325 e. The summed E-state index contributed by atoms with van der Waals surface area (Å²) >= 11 is 0. The van der Waals surface area contributed by atoms with E-state index in [0.29, 0.717) is 11.7 Å². The van der Waals surface area contributed by atoms with Crippen LogP contribution in [0.25, 0.3) is 11.4 Å². The first kappa shape index (κ1) is 20.2. The van der Waals surface area contributed by atoms with Gasteiger partial charge in [0.2, 0.25) is 5.82 Å². The molecule has 1 aromatic heterocycles. The molecule has 8 heteroatoms. The monoisotopic (exact) mass is 397 g/mol. The minimum atomic E-state index is -0.712. The van der Waals surface area contributed by atoms with Crippen LogP contribution < -0.4 is 5.32 Å². The summed E-state index contributed by atoms with van der Waals surface area (Å²) in [5, 5.41) is 6.17. The van der Waals surface area contributed by atoms with Crippen LogP contribution in [0.4, 0.5) is 4.39 Å². The number of rotatable bonds is 7. The Morgan fingerprint density at radius 3 is 2.55 bits per heavy atom. The van der Waals surface area contributed by atoms with Crippen molar-refractivity contribution in [1.29, 1.82) is 0 Å². The van der Waals surface area contributed by atoms with Crippen molar-refractivity contribution < 1.29 is 23.2 Å². The van der Waals surface area contributed by atoms with Crippen LogP contribution in [-0.2, 0) is 16.1 Å². The van der Waals surface area contributed by atoms with Gasteiger partial charge in [-0.1, -0.05) is 55.4 Å². The van der Waals surface area contributed by atoms with Gasteiger partial charge in [0.05, 0.1) is 5.56 Å². The number of nitrogens with one attached hydrogen (secondary N) is 1. The summed E-state index contributed by atoms with van der Waals surface area (Å²) in [5.74, 6) is -1.15. The van der Waals surface area contributed by atoms with Crippen molar-refractivity contribution in [3.63, 3.8) is 0 Å². The highest BCUT2D eigenvalue weighted by Gasteiger charge is 2.14. The van der Waals surface area contributed by atoms with Crippen LogP contribution in [0.5, 0.6) is 0 Å². The predicted octanol–water partition coefficient (Wildman–Crippen LogP) is 3.47. The first-order chi connectivity index (χ1) is 13.9. The highest BCUT2D eigenvalue weighted by atomic mass is 19.1. The number of benzene rings is 2. The van der Waals surface area contributed by atoms with Gasteiger partial charge in [0.15, 0.2) is 6.61 Å². The summed E-state index contributed by atoms with van der Waals surface area (Å²) in [7, 11) is 0. The van der Waals surface area contributed by atoms with E-state index in [1.54, 1.807) is 0 Å². The number of carbonyl (C=O) groups excluding carboxylic acids is 2. The summed E-state index contributed by atoms with van der Waals surface area (Å²) in [6.07, 6.45) is 0. The number of hydrogen-bond donors (Lipinski definition) is 1. The van der Waals surface area contributed by atoms with E-state index >= 15 is 0 Å². The molecule has 3 rings (SSSR count). The molecular weight excluding hydrogens is 377 g/mol. The van der Waals surface area contributed by atoms with Crippen LogP contribution in [0.15, 0.2) is 53.1 Å². The summed E-state index contributed by atoms with van der Waals surface area (Å²) in [5.41, 5.74) is 1.84. The lowest BCUT2D eigenvalue weighted by Gasteiger charge is -2.05. The first-order valence-corrected chi connectivity index (χ1v) is 9.05. The molecule has 150 valence electrons. The lowest BCUT2D eigenvalue weighted by molar-refractivity contribution is -0.144. The average molecular weight is 397 g/mol. The van der Waals surface area contributed by atoms with Crippen LogP contribution in [0.3, 0.4) is 0 Å². The van der Waals surface area contributed by atoms with E-state index in [9.17, 15) is 14.0 Å². The number of esters is 1. The molecule has 3 aromatic rings. The Hall–Kier alpha value is -3.55. The molecule has 0 radical (unpaired) electrons. The van der Waals surface area contributed by atoms with Gasteiger partial charge >= 0.3 is 5.97 Å². The summed E-state index contributed by atoms with van der Waals surface area (Å²) < 4.78 is 23.6. The van der Waals surface area contributed by atoms with Gasteiger partial charge in [-0.2, -0.15) is 4.98 Å². The van der Waals surface area contributed by atoms with Crippen molar-refractivity contribution in [2.75, 3.05) is 6.54 Å². The van der Waals surface area contributed by atoms with E-state index in [2.05, 4.69) is 29.3 Å². The van der Waals surface area contributed by atoms with E-state index in [-0.39, 0.29) is 18.1 Å². The fraction of sp³-hybridized carbons (Fsp3) is 0.238. The molecule has 0 atom stereocenters. The van der Waals surface area contributed by atoms with Crippen molar-refractivity contribution >= 4 is 11.9 Å². The van der Waals surface area contributed by atoms with Crippen LogP contribution >= 0.6 is 0 Å². The summed E-state index contributed by atoms with van der Waals surface area (Å²) in [6.45, 7) is 3.57. The standard InChI is InChI=1S/C21H20FN3O4/c1-13(2)14-7-9-15(10-8-14)20-24-18(29-25-20)12-28-19(26)11-23-21(27)16-5-3-4-6-17(16)22/h3-10,13H,11-12H2,1-2H3,(H,23,27). The highest BCUT2D eigenvalue weighted by molar-refractivity contribution is 5.96. The van der Waals surface area contributed by atoms with E-state index in [1.807, 2.05) is 24.3 Å². The van der Waals surface area contributed by atoms with Gasteiger partial charge in [-0.3, -0.25) is 9.59 Å². The minimum Gasteiger partial charge on any atom is -0.454 e. The Morgan fingerprint density at radius 1 is 1.14 bits per heavy atom. The molecule has 0 fully saturated rings. The predicted molar refractivity (Wildman–Crippen MR) is 102 cm³/mol. The maximum atomic E-state index is 13.5. The molecule has 29 heavy (non-hydrogen) atoms. The Balaban J connectivity index is 1.49. The van der Waals surface area contributed by atoms with Crippen LogP contribution in [-0.4, -0.2) is 28.6 Å². The molecule has 0 bridgehead atoms. The van der Waals surface area contributed by atoms with Gasteiger partial charge < -0.3 is 14.6 Å². The molecule has 0 saturated heterocycles. The van der Waals surface area contributed by atoms with Crippen molar-refractivity contribution in [2.45, 2.75) is 26.4 Å². The fourth-order valence-corrected chi connectivity index (χ4v) is 2.53. The van der Waals surface area contributed by atoms with E-state index < -0.39 is 24.2 Å². The molecule has 0 spiro atoms. The second-order valence-corrected chi connectivity index (χ2v) is 6.61. The maximum absolute atomic E-state index is 13.5. The zero-order chi connectivity index (χ0) is 20.8. The molecule has 1 N–H and O–H groups in total. The Labute approximate surface area is 166 Å². The second-order valence-electron chi connectivity index (χ2n) is 6.61. The van der Waals surface area contributed by atoms with Crippen LogP contribution in [0.1, 0.15) is 41.6 Å². The SMILES string of the molecule is CC(C)c1ccc(-c2noc(COC(=O)CNC(=O)c3ccccc3F)n2)cc1. The van der Waals surface area contributed by atoms with Crippen molar-refractivity contribution in [1.82, 2.24) is 15.5 Å². The molecule has 1 heterocycles. The fourth-order valence-electron chi connectivity index (χ4n) is 2.53. The van der Waals surface area contributed by atoms with Crippen molar-refractivity contribution in [3.8, 4) is 11.4 Å².